The van der Waals surface area contributed by atoms with Crippen molar-refractivity contribution in [3.8, 4) is 6.07 Å². The molecule has 0 radical (unpaired) electrons. The zero-order valence-electron chi connectivity index (χ0n) is 17.6. The van der Waals surface area contributed by atoms with E-state index in [1.54, 1.807) is 0 Å². The van der Waals surface area contributed by atoms with Crippen LogP contribution in [0, 0.1) is 25.2 Å². The first-order valence-electron chi connectivity index (χ1n) is 10.7. The molecule has 0 amide bonds. The topological polar surface area (TPSA) is 84.2 Å². The first-order valence-corrected chi connectivity index (χ1v) is 11.5. The third-order valence-electron chi connectivity index (χ3n) is 6.53. The molecule has 2 saturated heterocycles. The van der Waals surface area contributed by atoms with Crippen molar-refractivity contribution in [3.05, 3.63) is 23.5 Å². The number of nitrogens with one attached hydrogen (secondary N) is 1. The highest BCUT2D eigenvalue weighted by atomic mass is 32.1. The highest BCUT2D eigenvalue weighted by Crippen LogP contribution is 2.37. The lowest BCUT2D eigenvalue weighted by Crippen LogP contribution is -2.73. The summed E-state index contributed by atoms with van der Waals surface area (Å²) < 4.78 is 4.30. The Bertz CT molecular complexity index is 948. The molecule has 0 atom stereocenters. The number of nitrogens with zero attached hydrogens (tertiary/aromatic N) is 7. The molecule has 3 aliphatic rings. The van der Waals surface area contributed by atoms with Crippen LogP contribution >= 0.6 is 11.5 Å². The largest absolute Gasteiger partial charge is 0.352 e. The monoisotopic (exact) mass is 424 g/mol. The van der Waals surface area contributed by atoms with Gasteiger partial charge in [0, 0.05) is 57.1 Å². The Morgan fingerprint density at radius 2 is 2.00 bits per heavy atom. The molecule has 0 spiro atoms. The lowest BCUT2D eigenvalue weighted by molar-refractivity contribution is 0.0129. The van der Waals surface area contributed by atoms with Crippen molar-refractivity contribution in [2.75, 3.05) is 49.5 Å². The maximum absolute atomic E-state index is 9.52. The fourth-order valence-electron chi connectivity index (χ4n) is 4.73. The van der Waals surface area contributed by atoms with Gasteiger partial charge in [0.15, 0.2) is 0 Å². The van der Waals surface area contributed by atoms with Gasteiger partial charge in [-0.05, 0) is 44.3 Å². The Labute approximate surface area is 181 Å². The molecule has 158 valence electrons. The Kier molecular flexibility index (Phi) is 5.09. The summed E-state index contributed by atoms with van der Waals surface area (Å²) in [5, 5.41) is 13.7. The molecule has 0 aromatic carbocycles. The summed E-state index contributed by atoms with van der Waals surface area (Å²) in [5.41, 5.74) is 2.00. The summed E-state index contributed by atoms with van der Waals surface area (Å²) >= 11 is 1.41. The fraction of sp³-hybridized carbons (Fsp3) is 0.619. The van der Waals surface area contributed by atoms with E-state index in [1.807, 2.05) is 19.2 Å². The molecular weight excluding hydrogens is 396 g/mol. The predicted molar refractivity (Wildman–Crippen MR) is 118 cm³/mol. The predicted octanol–water partition coefficient (Wildman–Crippen LogP) is 2.55. The molecule has 30 heavy (non-hydrogen) atoms. The molecule has 4 heterocycles. The Balaban J connectivity index is 1.28. The summed E-state index contributed by atoms with van der Waals surface area (Å²) in [7, 11) is 0. The Morgan fingerprint density at radius 3 is 2.63 bits per heavy atom. The van der Waals surface area contributed by atoms with Gasteiger partial charge in [0.1, 0.15) is 10.8 Å². The molecule has 2 aromatic heterocycles. The normalized spacial score (nSPS) is 21.8. The average Bonchev–Trinajstić information content (AvgIpc) is 3.49. The number of rotatable bonds is 6. The molecule has 9 heteroatoms. The zero-order valence-corrected chi connectivity index (χ0v) is 18.5. The minimum atomic E-state index is -0.0514. The minimum absolute atomic E-state index is 0.0514. The fourth-order valence-corrected chi connectivity index (χ4v) is 5.39. The van der Waals surface area contributed by atoms with Crippen LogP contribution in [0.1, 0.15) is 30.5 Å². The molecular formula is C21H28N8S. The second-order valence-corrected chi connectivity index (χ2v) is 9.63. The molecule has 3 fully saturated rings. The molecule has 5 rings (SSSR count). The highest BCUT2D eigenvalue weighted by Gasteiger charge is 2.49. The van der Waals surface area contributed by atoms with Gasteiger partial charge in [0.05, 0.1) is 23.7 Å². The van der Waals surface area contributed by atoms with E-state index in [2.05, 4.69) is 42.4 Å². The summed E-state index contributed by atoms with van der Waals surface area (Å²) in [5.74, 6) is 1.55. The van der Waals surface area contributed by atoms with Gasteiger partial charge < -0.3 is 10.2 Å². The first-order chi connectivity index (χ1) is 14.6. The van der Waals surface area contributed by atoms with E-state index in [-0.39, 0.29) is 5.54 Å². The van der Waals surface area contributed by atoms with Crippen molar-refractivity contribution in [3.63, 3.8) is 0 Å². The smallest absolute Gasteiger partial charge is 0.229 e. The molecule has 1 saturated carbocycles. The van der Waals surface area contributed by atoms with Crippen molar-refractivity contribution in [1.29, 1.82) is 5.26 Å². The van der Waals surface area contributed by atoms with Crippen LogP contribution in [0.3, 0.4) is 0 Å². The van der Waals surface area contributed by atoms with Gasteiger partial charge in [0.2, 0.25) is 5.95 Å². The maximum atomic E-state index is 9.52. The molecule has 8 nitrogen and oxygen atoms in total. The van der Waals surface area contributed by atoms with E-state index in [0.29, 0.717) is 12.4 Å². The van der Waals surface area contributed by atoms with Gasteiger partial charge >= 0.3 is 0 Å². The van der Waals surface area contributed by atoms with Crippen LogP contribution in [-0.4, -0.2) is 75.0 Å². The van der Waals surface area contributed by atoms with Gasteiger partial charge in [-0.25, -0.2) is 4.98 Å². The maximum Gasteiger partial charge on any atom is 0.229 e. The number of aryl methyl sites for hydroxylation is 2. The second kappa shape index (κ2) is 7.76. The Morgan fingerprint density at radius 1 is 1.23 bits per heavy atom. The number of anilines is 3. The number of aromatic nitrogens is 3. The van der Waals surface area contributed by atoms with Gasteiger partial charge in [-0.3, -0.25) is 9.80 Å². The van der Waals surface area contributed by atoms with Gasteiger partial charge in [-0.1, -0.05) is 0 Å². The minimum Gasteiger partial charge on any atom is -0.352 e. The molecule has 2 aliphatic heterocycles. The van der Waals surface area contributed by atoms with E-state index < -0.39 is 0 Å². The van der Waals surface area contributed by atoms with Gasteiger partial charge in [0.25, 0.3) is 0 Å². The first kappa shape index (κ1) is 19.7. The third-order valence-corrected chi connectivity index (χ3v) is 7.33. The summed E-state index contributed by atoms with van der Waals surface area (Å²) in [6, 6.07) is 5.28. The van der Waals surface area contributed by atoms with Gasteiger partial charge in [-0.15, -0.1) is 0 Å². The zero-order chi connectivity index (χ0) is 20.7. The standard InChI is InChI=1S/C21H28N8S/c1-15-12-23-20(24-18-11-16(2)26-30-18)25-19(15)28-13-21(14-28,5-6-22)29-9-7-27(8-10-29)17-3-4-17/h11-12,17H,3-5,7-10,13-14H2,1-2H3,(H,23,24,25). The van der Waals surface area contributed by atoms with Crippen LogP contribution in [0.2, 0.25) is 0 Å². The third kappa shape index (κ3) is 3.75. The van der Waals surface area contributed by atoms with Crippen LogP contribution < -0.4 is 10.2 Å². The SMILES string of the molecule is Cc1cc(Nc2ncc(C)c(N3CC(CC#N)(N4CCN(C5CC5)CC4)C3)n2)sn1. The Hall–Kier alpha value is -2.28. The molecule has 1 aliphatic carbocycles. The average molecular weight is 425 g/mol. The second-order valence-electron chi connectivity index (χ2n) is 8.83. The van der Waals surface area contributed by atoms with E-state index in [9.17, 15) is 5.26 Å². The van der Waals surface area contributed by atoms with Crippen molar-refractivity contribution < 1.29 is 0 Å². The highest BCUT2D eigenvalue weighted by molar-refractivity contribution is 7.10. The van der Waals surface area contributed by atoms with Crippen LogP contribution in [0.4, 0.5) is 16.8 Å². The number of nitriles is 1. The number of hydrogen-bond donors (Lipinski definition) is 1. The van der Waals surface area contributed by atoms with Crippen LogP contribution in [0.5, 0.6) is 0 Å². The van der Waals surface area contributed by atoms with Crippen molar-refractivity contribution in [1.82, 2.24) is 24.1 Å². The van der Waals surface area contributed by atoms with Gasteiger partial charge in [-0.2, -0.15) is 14.6 Å². The lowest BCUT2D eigenvalue weighted by atomic mass is 9.83. The molecule has 2 aromatic rings. The summed E-state index contributed by atoms with van der Waals surface area (Å²) in [6.07, 6.45) is 5.17. The van der Waals surface area contributed by atoms with E-state index in [1.165, 1.54) is 24.4 Å². The van der Waals surface area contributed by atoms with Crippen molar-refractivity contribution in [2.24, 2.45) is 0 Å². The van der Waals surface area contributed by atoms with E-state index in [0.717, 1.165) is 67.4 Å². The lowest BCUT2D eigenvalue weighted by Gasteiger charge is -2.57. The molecule has 0 unspecified atom stereocenters. The number of piperazine rings is 1. The number of hydrogen-bond acceptors (Lipinski definition) is 9. The molecule has 0 bridgehead atoms. The van der Waals surface area contributed by atoms with Crippen LogP contribution in [0.15, 0.2) is 12.3 Å². The van der Waals surface area contributed by atoms with Crippen molar-refractivity contribution in [2.45, 2.75) is 44.7 Å². The quantitative estimate of drug-likeness (QED) is 0.757. The van der Waals surface area contributed by atoms with Crippen LogP contribution in [0.25, 0.3) is 0 Å². The van der Waals surface area contributed by atoms with E-state index >= 15 is 0 Å². The molecule has 1 N–H and O–H groups in total. The van der Waals surface area contributed by atoms with Crippen molar-refractivity contribution >= 4 is 28.3 Å². The van der Waals surface area contributed by atoms with Crippen LogP contribution in [-0.2, 0) is 0 Å². The van der Waals surface area contributed by atoms with E-state index in [4.69, 9.17) is 4.98 Å². The summed E-state index contributed by atoms with van der Waals surface area (Å²) in [6.45, 7) is 10.1. The summed E-state index contributed by atoms with van der Waals surface area (Å²) in [4.78, 5) is 16.7.